The Bertz CT molecular complexity index is 7210. The Balaban J connectivity index is 0.000000127. The van der Waals surface area contributed by atoms with Crippen molar-refractivity contribution < 1.29 is 41.7 Å². The molecule has 20 rings (SSSR count). The fourth-order valence-electron chi connectivity index (χ4n) is 17.4. The summed E-state index contributed by atoms with van der Waals surface area (Å²) in [4.78, 5) is 76.7. The standard InChI is InChI=1S/C27H29N7O2.C27H28N6O2.C25H26N6O3S.C24H20N6O2/c1-32(2)15-6-9-23(35)33-16-14-20(17-33)34-27-24(26(28)29-18-30-27)25(31-34)19-10-12-22(13-11-19)36-21-7-4-3-5-8-21;1-2-6-23(34)31-19-11-13-20(14-12-19)33-27-24(26(28)29-17-30-27)25(32-33)18-9-15-22(16-10-18)35-21-7-4-3-5-8-21;1-2-35(32,33)30-18-10-12-19(13-11-18)31-25-22(24(26)27-16-28-25)23(29-31)17-8-14-21(15-9-17)34-20-6-4-3-5-7-20;1-2-20(31)29-13-12-17(14-29)30-24-21(23(25)26-15-27-24)22(28-30)16-8-10-19(11-9-16)32-18-6-4-3-5-7-18/h3-13,18,20H,14-17H2,1-2H3,(H2,28,29,30);2-10,15-17,19-20H,11-14H2,1H3,(H,31,34)(H2,28,29,30);2-9,14-16,18-19,30H,1,10-13H2,(H2,26,27,28);1,3-11,15,17H,12-14H2,(H2,25,26,27)/b9-6+;6-2+;;. The SMILES string of the molecule is C#CC(=O)N1CCC(n2nc(-c3ccc(Oc4ccccc4)cc3)c3c(N)ncnc32)C1.C/C=C/C(=O)NC1CCC(n2nc(-c3ccc(Oc4ccccc4)cc3)c3c(N)ncnc32)CC1.C=CS(=O)(=O)NC1CCC(n2nc(-c3ccc(Oc4ccccc4)cc3)c3c(N)ncnc32)CC1.CN(C)C/C=C/C(=O)N1CCC(n2nc(-c3ccc(Oc4ccccc4)cc3)c3c(N)ncnc32)C1. The Kier molecular flexibility index (Phi) is 28.9. The lowest BCUT2D eigenvalue weighted by Crippen LogP contribution is -2.37. The van der Waals surface area contributed by atoms with Crippen LogP contribution >= 0.6 is 0 Å². The molecule has 10 N–H and O–H groups in total. The molecule has 2 saturated carbocycles. The first-order chi connectivity index (χ1) is 67.2. The summed E-state index contributed by atoms with van der Waals surface area (Å²) in [6.07, 6.45) is 25.9. The van der Waals surface area contributed by atoms with Crippen LogP contribution in [0.2, 0.25) is 0 Å². The molecular formula is C103H103N25O9S. The van der Waals surface area contributed by atoms with E-state index < -0.39 is 10.0 Å². The summed E-state index contributed by atoms with van der Waals surface area (Å²) in [6.45, 7) is 8.22. The van der Waals surface area contributed by atoms with Crippen molar-refractivity contribution in [1.82, 2.24) is 104 Å². The van der Waals surface area contributed by atoms with E-state index in [2.05, 4.69) is 62.4 Å². The van der Waals surface area contributed by atoms with Crippen LogP contribution in [0.3, 0.4) is 0 Å². The third kappa shape index (κ3) is 21.9. The molecular weight excluding hydrogens is 1760 g/mol. The number of fused-ring (bicyclic) bond motifs is 4. The normalized spacial score (nSPS) is 17.0. The number of rotatable bonds is 24. The van der Waals surface area contributed by atoms with Crippen LogP contribution in [-0.2, 0) is 24.4 Å². The van der Waals surface area contributed by atoms with E-state index in [1.807, 2.05) is 274 Å². The minimum atomic E-state index is -3.45. The number of nitrogens with one attached hydrogen (secondary N) is 2. The first-order valence-electron chi connectivity index (χ1n) is 45.4. The number of terminal acetylenes is 1. The molecule has 3 amide bonds. The number of nitrogen functional groups attached to an aromatic ring is 4. The number of allylic oxidation sites excluding steroid dienone is 1. The van der Waals surface area contributed by atoms with Gasteiger partial charge in [-0.1, -0.05) is 91.5 Å². The second-order valence-corrected chi connectivity index (χ2v) is 35.5. The third-order valence-corrected chi connectivity index (χ3v) is 25.4. The molecule has 10 heterocycles. The molecule has 0 bridgehead atoms. The summed E-state index contributed by atoms with van der Waals surface area (Å²) < 4.78 is 57.6. The van der Waals surface area contributed by atoms with Gasteiger partial charge < -0.3 is 61.9 Å². The summed E-state index contributed by atoms with van der Waals surface area (Å²) in [5.74, 6) is 9.34. The largest absolute Gasteiger partial charge is 0.457 e. The number of likely N-dealkylation sites (N-methyl/N-ethyl adjacent to an activating group) is 1. The second kappa shape index (κ2) is 42.8. The van der Waals surface area contributed by atoms with Crippen LogP contribution in [0.4, 0.5) is 23.3 Å². The molecule has 2 saturated heterocycles. The van der Waals surface area contributed by atoms with Gasteiger partial charge in [-0.3, -0.25) is 14.4 Å². The lowest BCUT2D eigenvalue weighted by molar-refractivity contribution is -0.125. The van der Waals surface area contributed by atoms with E-state index in [0.29, 0.717) is 124 Å². The Morgan fingerprint density at radius 1 is 0.420 bits per heavy atom. The molecule has 138 heavy (non-hydrogen) atoms. The average molecular weight is 1870 g/mol. The molecule has 700 valence electrons. The number of aromatic nitrogens is 16. The predicted molar refractivity (Wildman–Crippen MR) is 532 cm³/mol. The minimum Gasteiger partial charge on any atom is -0.457 e. The van der Waals surface area contributed by atoms with Gasteiger partial charge in [0.25, 0.3) is 5.91 Å². The summed E-state index contributed by atoms with van der Waals surface area (Å²) in [7, 11) is 0.489. The summed E-state index contributed by atoms with van der Waals surface area (Å²) >= 11 is 0. The number of hydrogen-bond acceptors (Lipinski definition) is 26. The molecule has 4 aliphatic rings. The van der Waals surface area contributed by atoms with E-state index in [-0.39, 0.29) is 54.0 Å². The number of carbonyl (C=O) groups excluding carboxylic acids is 3. The van der Waals surface area contributed by atoms with Crippen molar-refractivity contribution in [2.24, 2.45) is 0 Å². The van der Waals surface area contributed by atoms with Gasteiger partial charge in [-0.05, 0) is 243 Å². The van der Waals surface area contributed by atoms with Crippen LogP contribution in [0, 0.1) is 12.3 Å². The number of benzene rings is 8. The monoisotopic (exact) mass is 1870 g/mol. The zero-order valence-corrected chi connectivity index (χ0v) is 77.0. The Labute approximate surface area is 796 Å². The zero-order valence-electron chi connectivity index (χ0n) is 76.2. The molecule has 2 aliphatic carbocycles. The first-order valence-corrected chi connectivity index (χ1v) is 46.9. The molecule has 2 unspecified atom stereocenters. The molecule has 4 fully saturated rings. The van der Waals surface area contributed by atoms with Gasteiger partial charge in [-0.2, -0.15) is 20.4 Å². The smallest absolute Gasteiger partial charge is 0.298 e. The van der Waals surface area contributed by atoms with Crippen molar-refractivity contribution in [1.29, 1.82) is 0 Å². The van der Waals surface area contributed by atoms with E-state index in [1.165, 1.54) is 25.3 Å². The molecule has 8 aromatic heterocycles. The number of sulfonamides is 1. The minimum absolute atomic E-state index is 0.00226. The first kappa shape index (κ1) is 93.2. The van der Waals surface area contributed by atoms with Crippen LogP contribution in [0.15, 0.2) is 280 Å². The quantitative estimate of drug-likeness (QED) is 0.0242. The average Bonchev–Trinajstić information content (AvgIpc) is 1.62. The second-order valence-electron chi connectivity index (χ2n) is 33.8. The van der Waals surface area contributed by atoms with E-state index in [0.717, 1.165) is 137 Å². The van der Waals surface area contributed by atoms with E-state index in [1.54, 1.807) is 23.1 Å². The zero-order chi connectivity index (χ0) is 95.8. The van der Waals surface area contributed by atoms with Gasteiger partial charge >= 0.3 is 0 Å². The van der Waals surface area contributed by atoms with Crippen molar-refractivity contribution in [3.8, 4) is 103 Å². The van der Waals surface area contributed by atoms with E-state index in [4.69, 9.17) is 68.7 Å². The molecule has 8 aromatic carbocycles. The molecule has 16 aromatic rings. The summed E-state index contributed by atoms with van der Waals surface area (Å²) in [6, 6.07) is 69.6. The van der Waals surface area contributed by atoms with Gasteiger partial charge in [-0.25, -0.2) is 71.7 Å². The van der Waals surface area contributed by atoms with Crippen molar-refractivity contribution in [2.45, 2.75) is 107 Å². The van der Waals surface area contributed by atoms with Gasteiger partial charge in [0.1, 0.15) is 117 Å². The third-order valence-electron chi connectivity index (χ3n) is 24.3. The lowest BCUT2D eigenvalue weighted by Gasteiger charge is -2.29. The highest BCUT2D eigenvalue weighted by Crippen LogP contribution is 2.43. The number of nitrogens with two attached hydrogens (primary N) is 4. The number of carbonyl (C=O) groups is 3. The fraction of sp³-hybridized carbons (Fsp3) is 0.233. The van der Waals surface area contributed by atoms with Gasteiger partial charge in [0.2, 0.25) is 21.8 Å². The highest BCUT2D eigenvalue weighted by Gasteiger charge is 2.35. The molecule has 2 atom stereocenters. The number of anilines is 4. The molecule has 35 heteroatoms. The maximum atomic E-state index is 12.6. The predicted octanol–water partition coefficient (Wildman–Crippen LogP) is 16.5. The van der Waals surface area contributed by atoms with Crippen molar-refractivity contribution in [3.63, 3.8) is 0 Å². The fourth-order valence-corrected chi connectivity index (χ4v) is 18.2. The Morgan fingerprint density at radius 3 is 1.04 bits per heavy atom. The number of nitrogens with zero attached hydrogens (tertiary/aromatic N) is 19. The highest BCUT2D eigenvalue weighted by molar-refractivity contribution is 7.92. The van der Waals surface area contributed by atoms with Gasteiger partial charge in [0.05, 0.1) is 45.7 Å². The number of ether oxygens (including phenoxy) is 4. The van der Waals surface area contributed by atoms with Crippen LogP contribution in [0.1, 0.15) is 95.3 Å². The van der Waals surface area contributed by atoms with Crippen molar-refractivity contribution in [3.05, 3.63) is 280 Å². The van der Waals surface area contributed by atoms with Crippen molar-refractivity contribution >= 4 is 95.1 Å². The molecule has 34 nitrogen and oxygen atoms in total. The number of hydrogen-bond donors (Lipinski definition) is 6. The van der Waals surface area contributed by atoms with E-state index >= 15 is 0 Å². The van der Waals surface area contributed by atoms with Gasteiger partial charge in [-0.15, -0.1) is 6.42 Å². The van der Waals surface area contributed by atoms with Crippen LogP contribution in [0.5, 0.6) is 46.0 Å². The summed E-state index contributed by atoms with van der Waals surface area (Å²) in [5.41, 5.74) is 34.2. The summed E-state index contributed by atoms with van der Waals surface area (Å²) in [5, 5.41) is 26.5. The lowest BCUT2D eigenvalue weighted by atomic mass is 9.91. The number of likely N-dealkylation sites (tertiary alicyclic amines) is 2. The Morgan fingerprint density at radius 2 is 0.725 bits per heavy atom. The molecule has 0 spiro atoms. The van der Waals surface area contributed by atoms with E-state index in [9.17, 15) is 22.8 Å². The van der Waals surface area contributed by atoms with Gasteiger partial charge in [0, 0.05) is 78.5 Å². The maximum Gasteiger partial charge on any atom is 0.298 e. The maximum absolute atomic E-state index is 12.6. The van der Waals surface area contributed by atoms with Crippen molar-refractivity contribution in [2.75, 3.05) is 69.8 Å². The Hall–Kier alpha value is -16.6. The van der Waals surface area contributed by atoms with Gasteiger partial charge in [0.15, 0.2) is 22.6 Å². The highest BCUT2D eigenvalue weighted by atomic mass is 32.2. The molecule has 2 aliphatic heterocycles. The van der Waals surface area contributed by atoms with Crippen LogP contribution in [-0.4, -0.2) is 179 Å². The topological polar surface area (TPSA) is 435 Å². The number of para-hydroxylation sites is 4. The van der Waals surface area contributed by atoms with Crippen LogP contribution < -0.4 is 51.9 Å². The van der Waals surface area contributed by atoms with Crippen LogP contribution in [0.25, 0.3) is 89.2 Å². The molecule has 0 radical (unpaired) electrons. The number of amides is 3.